The van der Waals surface area contributed by atoms with Crippen molar-refractivity contribution in [2.24, 2.45) is 5.73 Å². The van der Waals surface area contributed by atoms with Crippen LogP contribution in [0, 0.1) is 5.41 Å². The van der Waals surface area contributed by atoms with E-state index in [1.165, 1.54) is 4.90 Å². The van der Waals surface area contributed by atoms with E-state index >= 15 is 0 Å². The lowest BCUT2D eigenvalue weighted by Gasteiger charge is -2.21. The number of carbonyl (C=O) groups excluding carboxylic acids is 1. The van der Waals surface area contributed by atoms with Gasteiger partial charge in [-0.15, -0.1) is 0 Å². The first kappa shape index (κ1) is 13.5. The molecule has 6 heteroatoms. The highest BCUT2D eigenvalue weighted by atomic mass is 79.9. The van der Waals surface area contributed by atoms with Gasteiger partial charge in [0.15, 0.2) is 5.96 Å². The predicted molar refractivity (Wildman–Crippen MR) is 72.4 cm³/mol. The molecule has 0 unspecified atom stereocenters. The van der Waals surface area contributed by atoms with Gasteiger partial charge in [0.1, 0.15) is 0 Å². The lowest BCUT2D eigenvalue weighted by atomic mass is 10.1. The minimum Gasteiger partial charge on any atom is -0.370 e. The first-order valence-corrected chi connectivity index (χ1v) is 5.92. The molecular formula is C11H15BrN4O. The third-order valence-corrected chi connectivity index (χ3v) is 2.97. The summed E-state index contributed by atoms with van der Waals surface area (Å²) in [6.45, 7) is 2.02. The van der Waals surface area contributed by atoms with Gasteiger partial charge < -0.3 is 5.73 Å². The highest BCUT2D eigenvalue weighted by molar-refractivity contribution is 9.10. The fourth-order valence-corrected chi connectivity index (χ4v) is 2.19. The fourth-order valence-electron chi connectivity index (χ4n) is 1.52. The molecule has 0 aliphatic carbocycles. The SMILES string of the molecule is CCc1cccc(Br)c1N(C)C(=O)NC(=N)N. The smallest absolute Gasteiger partial charge is 0.328 e. The van der Waals surface area contributed by atoms with E-state index < -0.39 is 6.03 Å². The Balaban J connectivity index is 3.06. The molecule has 0 fully saturated rings. The Bertz CT molecular complexity index is 447. The Morgan fingerprint density at radius 1 is 1.59 bits per heavy atom. The van der Waals surface area contributed by atoms with Gasteiger partial charge in [0.25, 0.3) is 0 Å². The van der Waals surface area contributed by atoms with Crippen molar-refractivity contribution < 1.29 is 4.79 Å². The molecule has 1 aromatic rings. The second kappa shape index (κ2) is 5.67. The molecule has 0 aliphatic heterocycles. The summed E-state index contributed by atoms with van der Waals surface area (Å²) in [4.78, 5) is 13.2. The molecule has 0 aromatic heterocycles. The summed E-state index contributed by atoms with van der Waals surface area (Å²) in [5, 5.41) is 9.29. The van der Waals surface area contributed by atoms with E-state index in [4.69, 9.17) is 11.1 Å². The van der Waals surface area contributed by atoms with Gasteiger partial charge in [-0.3, -0.25) is 15.6 Å². The number of nitrogens with zero attached hydrogens (tertiary/aromatic N) is 1. The predicted octanol–water partition coefficient (Wildman–Crippen LogP) is 2.05. The lowest BCUT2D eigenvalue weighted by molar-refractivity contribution is 0.251. The van der Waals surface area contributed by atoms with Crippen LogP contribution in [0.3, 0.4) is 0 Å². The van der Waals surface area contributed by atoms with Gasteiger partial charge in [-0.1, -0.05) is 19.1 Å². The number of nitrogens with one attached hydrogen (secondary N) is 2. The molecule has 0 heterocycles. The third kappa shape index (κ3) is 3.20. The molecule has 5 nitrogen and oxygen atoms in total. The van der Waals surface area contributed by atoms with Crippen molar-refractivity contribution in [3.05, 3.63) is 28.2 Å². The van der Waals surface area contributed by atoms with Crippen LogP contribution in [-0.2, 0) is 6.42 Å². The molecule has 92 valence electrons. The number of halogens is 1. The molecule has 0 bridgehead atoms. The summed E-state index contributed by atoms with van der Waals surface area (Å²) in [6, 6.07) is 5.31. The number of anilines is 1. The second-order valence-corrected chi connectivity index (χ2v) is 4.36. The molecule has 0 atom stereocenters. The zero-order valence-corrected chi connectivity index (χ0v) is 11.3. The van der Waals surface area contributed by atoms with Crippen molar-refractivity contribution in [3.8, 4) is 0 Å². The Kier molecular flexibility index (Phi) is 4.51. The lowest BCUT2D eigenvalue weighted by Crippen LogP contribution is -2.44. The monoisotopic (exact) mass is 298 g/mol. The van der Waals surface area contributed by atoms with Crippen LogP contribution in [0.5, 0.6) is 0 Å². The Morgan fingerprint density at radius 2 is 2.24 bits per heavy atom. The summed E-state index contributed by atoms with van der Waals surface area (Å²) < 4.78 is 0.832. The van der Waals surface area contributed by atoms with Gasteiger partial charge in [0.2, 0.25) is 0 Å². The summed E-state index contributed by atoms with van der Waals surface area (Å²) >= 11 is 3.42. The Morgan fingerprint density at radius 3 is 2.76 bits per heavy atom. The number of nitrogens with two attached hydrogens (primary N) is 1. The van der Waals surface area contributed by atoms with Gasteiger partial charge >= 0.3 is 6.03 Å². The highest BCUT2D eigenvalue weighted by Crippen LogP contribution is 2.29. The molecule has 0 saturated heterocycles. The largest absolute Gasteiger partial charge is 0.370 e. The maximum atomic E-state index is 11.7. The van der Waals surface area contributed by atoms with Crippen LogP contribution < -0.4 is 16.0 Å². The summed E-state index contributed by atoms with van der Waals surface area (Å²) in [5.74, 6) is -0.369. The second-order valence-electron chi connectivity index (χ2n) is 3.50. The molecule has 0 spiro atoms. The fraction of sp³-hybridized carbons (Fsp3) is 0.273. The van der Waals surface area contributed by atoms with Crippen molar-refractivity contribution in [2.75, 3.05) is 11.9 Å². The van der Waals surface area contributed by atoms with Crippen LogP contribution in [0.2, 0.25) is 0 Å². The number of carbonyl (C=O) groups is 1. The number of hydrogen-bond acceptors (Lipinski definition) is 2. The van der Waals surface area contributed by atoms with Gasteiger partial charge in [-0.25, -0.2) is 4.79 Å². The number of benzene rings is 1. The van der Waals surface area contributed by atoms with E-state index in [1.54, 1.807) is 7.05 Å². The summed E-state index contributed by atoms with van der Waals surface area (Å²) in [6.07, 6.45) is 0.812. The van der Waals surface area contributed by atoms with Gasteiger partial charge in [0.05, 0.1) is 5.69 Å². The van der Waals surface area contributed by atoms with Crippen LogP contribution in [0.1, 0.15) is 12.5 Å². The summed E-state index contributed by atoms with van der Waals surface area (Å²) in [5.41, 5.74) is 6.96. The number of guanidine groups is 1. The van der Waals surface area contributed by atoms with Crippen LogP contribution in [-0.4, -0.2) is 19.0 Å². The first-order valence-electron chi connectivity index (χ1n) is 5.13. The molecule has 17 heavy (non-hydrogen) atoms. The van der Waals surface area contributed by atoms with E-state index in [9.17, 15) is 4.79 Å². The normalized spacial score (nSPS) is 9.82. The maximum absolute atomic E-state index is 11.7. The van der Waals surface area contributed by atoms with Crippen molar-refractivity contribution in [2.45, 2.75) is 13.3 Å². The van der Waals surface area contributed by atoms with Gasteiger partial charge in [0, 0.05) is 11.5 Å². The average Bonchev–Trinajstić information content (AvgIpc) is 2.26. The molecule has 2 amide bonds. The van der Waals surface area contributed by atoms with E-state index in [2.05, 4.69) is 21.2 Å². The van der Waals surface area contributed by atoms with E-state index in [0.717, 1.165) is 22.1 Å². The molecular weight excluding hydrogens is 284 g/mol. The molecule has 0 radical (unpaired) electrons. The van der Waals surface area contributed by atoms with Crippen molar-refractivity contribution in [1.82, 2.24) is 5.32 Å². The summed E-state index contributed by atoms with van der Waals surface area (Å²) in [7, 11) is 1.64. The Hall–Kier alpha value is -1.56. The highest BCUT2D eigenvalue weighted by Gasteiger charge is 2.16. The average molecular weight is 299 g/mol. The third-order valence-electron chi connectivity index (χ3n) is 2.33. The maximum Gasteiger partial charge on any atom is 0.328 e. The minimum atomic E-state index is -0.431. The topological polar surface area (TPSA) is 82.2 Å². The van der Waals surface area contributed by atoms with Crippen molar-refractivity contribution >= 4 is 33.6 Å². The molecule has 4 N–H and O–H groups in total. The first-order chi connectivity index (χ1) is 7.97. The zero-order valence-electron chi connectivity index (χ0n) is 9.75. The quantitative estimate of drug-likeness (QED) is 0.577. The van der Waals surface area contributed by atoms with Crippen LogP contribution in [0.4, 0.5) is 10.5 Å². The zero-order chi connectivity index (χ0) is 13.0. The number of hydrogen-bond donors (Lipinski definition) is 3. The number of amides is 2. The van der Waals surface area contributed by atoms with E-state index in [0.29, 0.717) is 0 Å². The van der Waals surface area contributed by atoms with Crippen LogP contribution >= 0.6 is 15.9 Å². The van der Waals surface area contributed by atoms with Crippen molar-refractivity contribution in [3.63, 3.8) is 0 Å². The van der Waals surface area contributed by atoms with E-state index in [1.807, 2.05) is 25.1 Å². The van der Waals surface area contributed by atoms with Gasteiger partial charge in [-0.2, -0.15) is 0 Å². The number of rotatable bonds is 2. The number of para-hydroxylation sites is 1. The molecule has 1 aromatic carbocycles. The Labute approximate surface area is 109 Å². The van der Waals surface area contributed by atoms with Crippen LogP contribution in [0.15, 0.2) is 22.7 Å². The number of aryl methyl sites for hydroxylation is 1. The molecule has 0 aliphatic rings. The number of urea groups is 1. The van der Waals surface area contributed by atoms with Crippen LogP contribution in [0.25, 0.3) is 0 Å². The standard InChI is InChI=1S/C11H15BrN4O/c1-3-7-5-4-6-8(12)9(7)16(2)11(17)15-10(13)14/h4-6H,3H2,1-2H3,(H4,13,14,15,17). The van der Waals surface area contributed by atoms with Gasteiger partial charge in [-0.05, 0) is 34.0 Å². The molecule has 0 saturated carbocycles. The molecule has 1 rings (SSSR count). The van der Waals surface area contributed by atoms with Crippen molar-refractivity contribution in [1.29, 1.82) is 5.41 Å². The minimum absolute atomic E-state index is 0.369. The van der Waals surface area contributed by atoms with E-state index in [-0.39, 0.29) is 5.96 Å².